The predicted octanol–water partition coefficient (Wildman–Crippen LogP) is 6.31. The van der Waals surface area contributed by atoms with Crippen LogP contribution in [0.2, 0.25) is 0 Å². The fourth-order valence-corrected chi connectivity index (χ4v) is 5.30. The number of amides is 2. The second-order valence-corrected chi connectivity index (χ2v) is 10.2. The van der Waals surface area contributed by atoms with Gasteiger partial charge in [0, 0.05) is 24.0 Å². The van der Waals surface area contributed by atoms with Gasteiger partial charge < -0.3 is 15.0 Å². The zero-order valence-electron chi connectivity index (χ0n) is 21.2. The number of carbonyl (C=O) groups excluding carboxylic acids is 2. The quantitative estimate of drug-likeness (QED) is 0.305. The zero-order valence-corrected chi connectivity index (χ0v) is 22.1. The summed E-state index contributed by atoms with van der Waals surface area (Å²) >= 11 is 1.36. The lowest BCUT2D eigenvalue weighted by molar-refractivity contribution is -0.132. The molecule has 1 aromatic heterocycles. The summed E-state index contributed by atoms with van der Waals surface area (Å²) in [4.78, 5) is 31.7. The van der Waals surface area contributed by atoms with E-state index in [4.69, 9.17) is 4.74 Å². The van der Waals surface area contributed by atoms with Gasteiger partial charge >= 0.3 is 0 Å². The summed E-state index contributed by atoms with van der Waals surface area (Å²) in [6, 6.07) is 19.5. The van der Waals surface area contributed by atoms with Crippen LogP contribution in [0.1, 0.15) is 57.1 Å². The first-order chi connectivity index (χ1) is 18.4. The fraction of sp³-hybridized carbons (Fsp3) is 0.233. The monoisotopic (exact) mass is 529 g/mol. The second kappa shape index (κ2) is 11.1. The standard InChI is InChI=1S/C30H28FN3O3S/c1-3-28(35)34-15-14-20-8-13-24(16-25(20)29(34)21-6-9-22(31)10-7-21)37-17-27-33-26(18-38-27)30(36)32-23-11-4-19(2)5-12-23/h4-13,16,18,29H,3,14-15,17H2,1-2H3,(H,32,36)/t29-/m0/s1. The number of hydrogen-bond acceptors (Lipinski definition) is 5. The summed E-state index contributed by atoms with van der Waals surface area (Å²) in [6.07, 6.45) is 1.14. The van der Waals surface area contributed by atoms with Crippen molar-refractivity contribution < 1.29 is 18.7 Å². The van der Waals surface area contributed by atoms with E-state index < -0.39 is 0 Å². The Morgan fingerprint density at radius 1 is 1.11 bits per heavy atom. The van der Waals surface area contributed by atoms with Crippen LogP contribution >= 0.6 is 11.3 Å². The molecule has 2 amide bonds. The Kier molecular flexibility index (Phi) is 7.51. The van der Waals surface area contributed by atoms with E-state index in [0.717, 1.165) is 28.7 Å². The van der Waals surface area contributed by atoms with Gasteiger partial charge in [-0.05, 0) is 66.4 Å². The van der Waals surface area contributed by atoms with Crippen LogP contribution in [0.5, 0.6) is 5.75 Å². The van der Waals surface area contributed by atoms with Gasteiger partial charge in [-0.1, -0.05) is 42.8 Å². The molecule has 0 radical (unpaired) electrons. The van der Waals surface area contributed by atoms with Gasteiger partial charge in [-0.25, -0.2) is 9.37 Å². The van der Waals surface area contributed by atoms with Crippen LogP contribution in [0, 0.1) is 12.7 Å². The lowest BCUT2D eigenvalue weighted by Crippen LogP contribution is -2.40. The largest absolute Gasteiger partial charge is 0.486 e. The van der Waals surface area contributed by atoms with Crippen LogP contribution < -0.4 is 10.1 Å². The van der Waals surface area contributed by atoms with E-state index in [1.807, 2.05) is 61.2 Å². The molecule has 1 atom stereocenters. The van der Waals surface area contributed by atoms with E-state index >= 15 is 0 Å². The molecule has 8 heteroatoms. The van der Waals surface area contributed by atoms with Gasteiger partial charge in [0.25, 0.3) is 5.91 Å². The molecular weight excluding hydrogens is 501 g/mol. The Balaban J connectivity index is 1.32. The first-order valence-corrected chi connectivity index (χ1v) is 13.4. The molecule has 4 aromatic rings. The molecule has 0 aliphatic carbocycles. The number of halogens is 1. The third-order valence-corrected chi connectivity index (χ3v) is 7.43. The maximum absolute atomic E-state index is 13.6. The molecule has 0 bridgehead atoms. The van der Waals surface area contributed by atoms with Crippen molar-refractivity contribution >= 4 is 28.8 Å². The van der Waals surface area contributed by atoms with E-state index in [2.05, 4.69) is 10.3 Å². The third kappa shape index (κ3) is 5.60. The molecule has 1 N–H and O–H groups in total. The van der Waals surface area contributed by atoms with Crippen LogP contribution in [-0.4, -0.2) is 28.2 Å². The average Bonchev–Trinajstić information content (AvgIpc) is 3.42. The summed E-state index contributed by atoms with van der Waals surface area (Å²) in [7, 11) is 0. The molecule has 194 valence electrons. The highest BCUT2D eigenvalue weighted by Crippen LogP contribution is 2.37. The van der Waals surface area contributed by atoms with Gasteiger partial charge in [0.1, 0.15) is 28.9 Å². The molecular formula is C30H28FN3O3S. The number of nitrogens with zero attached hydrogens (tertiary/aromatic N) is 2. The van der Waals surface area contributed by atoms with E-state index in [-0.39, 0.29) is 30.3 Å². The smallest absolute Gasteiger partial charge is 0.275 e. The molecule has 1 aliphatic rings. The number of rotatable bonds is 7. The summed E-state index contributed by atoms with van der Waals surface area (Å²) in [6.45, 7) is 4.65. The van der Waals surface area contributed by atoms with Gasteiger partial charge in [-0.15, -0.1) is 11.3 Å². The number of anilines is 1. The summed E-state index contributed by atoms with van der Waals surface area (Å²) in [5, 5.41) is 5.25. The minimum Gasteiger partial charge on any atom is -0.486 e. The van der Waals surface area contributed by atoms with Gasteiger partial charge in [-0.3, -0.25) is 9.59 Å². The number of carbonyl (C=O) groups is 2. The van der Waals surface area contributed by atoms with Crippen molar-refractivity contribution in [2.75, 3.05) is 11.9 Å². The fourth-order valence-electron chi connectivity index (χ4n) is 4.62. The summed E-state index contributed by atoms with van der Waals surface area (Å²) in [5.41, 5.74) is 5.13. The minimum absolute atomic E-state index is 0.0514. The lowest BCUT2D eigenvalue weighted by atomic mass is 9.87. The van der Waals surface area contributed by atoms with Crippen molar-refractivity contribution in [3.05, 3.63) is 111 Å². The summed E-state index contributed by atoms with van der Waals surface area (Å²) < 4.78 is 19.7. The number of ether oxygens (including phenoxy) is 1. The maximum atomic E-state index is 13.6. The number of aromatic nitrogens is 1. The number of thiazole rings is 1. The van der Waals surface area contributed by atoms with E-state index in [1.165, 1.54) is 23.5 Å². The van der Waals surface area contributed by atoms with Crippen LogP contribution in [0.3, 0.4) is 0 Å². The van der Waals surface area contributed by atoms with Gasteiger partial charge in [0.15, 0.2) is 0 Å². The number of nitrogens with one attached hydrogen (secondary N) is 1. The Morgan fingerprint density at radius 2 is 1.87 bits per heavy atom. The molecule has 0 fully saturated rings. The third-order valence-electron chi connectivity index (χ3n) is 6.61. The number of hydrogen-bond donors (Lipinski definition) is 1. The van der Waals surface area contributed by atoms with E-state index in [9.17, 15) is 14.0 Å². The number of aryl methyl sites for hydroxylation is 1. The van der Waals surface area contributed by atoms with Crippen molar-refractivity contribution in [3.63, 3.8) is 0 Å². The van der Waals surface area contributed by atoms with E-state index in [1.54, 1.807) is 17.5 Å². The van der Waals surface area contributed by atoms with Crippen molar-refractivity contribution in [2.24, 2.45) is 0 Å². The van der Waals surface area contributed by atoms with Gasteiger partial charge in [0.05, 0.1) is 6.04 Å². The molecule has 0 spiro atoms. The van der Waals surface area contributed by atoms with Crippen LogP contribution in [0.4, 0.5) is 10.1 Å². The molecule has 2 heterocycles. The highest BCUT2D eigenvalue weighted by Gasteiger charge is 2.31. The molecule has 5 rings (SSSR count). The highest BCUT2D eigenvalue weighted by atomic mass is 32.1. The maximum Gasteiger partial charge on any atom is 0.275 e. The molecule has 6 nitrogen and oxygen atoms in total. The molecule has 38 heavy (non-hydrogen) atoms. The molecule has 0 saturated heterocycles. The topological polar surface area (TPSA) is 71.5 Å². The molecule has 3 aromatic carbocycles. The lowest BCUT2D eigenvalue weighted by Gasteiger charge is -2.38. The van der Waals surface area contributed by atoms with Crippen LogP contribution in [0.15, 0.2) is 72.1 Å². The molecule has 1 aliphatic heterocycles. The van der Waals surface area contributed by atoms with Crippen LogP contribution in [0.25, 0.3) is 0 Å². The predicted molar refractivity (Wildman–Crippen MR) is 146 cm³/mol. The number of benzene rings is 3. The van der Waals surface area contributed by atoms with Crippen molar-refractivity contribution in [2.45, 2.75) is 39.3 Å². The Hall–Kier alpha value is -4.04. The Bertz CT molecular complexity index is 1450. The Morgan fingerprint density at radius 3 is 2.61 bits per heavy atom. The van der Waals surface area contributed by atoms with Crippen molar-refractivity contribution in [3.8, 4) is 5.75 Å². The first-order valence-electron chi connectivity index (χ1n) is 12.5. The minimum atomic E-state index is -0.314. The average molecular weight is 530 g/mol. The summed E-state index contributed by atoms with van der Waals surface area (Å²) in [5.74, 6) is 0.108. The van der Waals surface area contributed by atoms with Crippen molar-refractivity contribution in [1.29, 1.82) is 0 Å². The van der Waals surface area contributed by atoms with E-state index in [0.29, 0.717) is 35.1 Å². The normalized spacial score (nSPS) is 14.6. The van der Waals surface area contributed by atoms with Gasteiger partial charge in [-0.2, -0.15) is 0 Å². The molecule has 0 unspecified atom stereocenters. The van der Waals surface area contributed by atoms with Crippen molar-refractivity contribution in [1.82, 2.24) is 9.88 Å². The Labute approximate surface area is 225 Å². The van der Waals surface area contributed by atoms with Gasteiger partial charge in [0.2, 0.25) is 5.91 Å². The highest BCUT2D eigenvalue weighted by molar-refractivity contribution is 7.09. The van der Waals surface area contributed by atoms with Crippen LogP contribution in [-0.2, 0) is 17.8 Å². The SMILES string of the molecule is CCC(=O)N1CCc2ccc(OCc3nc(C(=O)Nc4ccc(C)cc4)cs3)cc2[C@@H]1c1ccc(F)cc1. The molecule has 0 saturated carbocycles. The zero-order chi connectivity index (χ0) is 26.6. The second-order valence-electron chi connectivity index (χ2n) is 9.24. The first kappa shape index (κ1) is 25.6. The number of fused-ring (bicyclic) bond motifs is 1.